The van der Waals surface area contributed by atoms with Gasteiger partial charge in [-0.1, -0.05) is 30.3 Å². The molecule has 0 unspecified atom stereocenters. The second-order valence-corrected chi connectivity index (χ2v) is 8.35. The highest BCUT2D eigenvalue weighted by molar-refractivity contribution is 7.92. The van der Waals surface area contributed by atoms with Gasteiger partial charge in [0.05, 0.1) is 29.9 Å². The number of hydrogen-bond donors (Lipinski definition) is 3. The van der Waals surface area contributed by atoms with Crippen molar-refractivity contribution in [2.75, 3.05) is 18.4 Å². The average Bonchev–Trinajstić information content (AvgIpc) is 2.83. The molecule has 0 saturated carbocycles. The number of nitrogens with one attached hydrogen (secondary N) is 3. The number of para-hydroxylation sites is 3. The predicted octanol–water partition coefficient (Wildman–Crippen LogP) is 2.97. The molecule has 3 aromatic carbocycles. The van der Waals surface area contributed by atoms with Crippen LogP contribution in [0, 0.1) is 0 Å². The monoisotopic (exact) mass is 469 g/mol. The highest BCUT2D eigenvalue weighted by atomic mass is 32.2. The zero-order valence-corrected chi connectivity index (χ0v) is 18.8. The van der Waals surface area contributed by atoms with Gasteiger partial charge in [0.2, 0.25) is 0 Å². The Morgan fingerprint density at radius 2 is 1.52 bits per heavy atom. The third-order valence-electron chi connectivity index (χ3n) is 4.48. The Bertz CT molecular complexity index is 1260. The molecular formula is C23H23N3O6S. The summed E-state index contributed by atoms with van der Waals surface area (Å²) in [6, 6.07) is 18.6. The number of anilines is 1. The summed E-state index contributed by atoms with van der Waals surface area (Å²) < 4.78 is 38.6. The number of sulfonamides is 1. The van der Waals surface area contributed by atoms with Gasteiger partial charge >= 0.3 is 0 Å². The molecule has 0 heterocycles. The van der Waals surface area contributed by atoms with Crippen LogP contribution in [0.5, 0.6) is 11.5 Å². The molecule has 0 aliphatic rings. The standard InChI is InChI=1S/C23H23N3O6S/c1-3-32-20-13-6-4-11-18(20)23(28)25-24-22(27)16-9-8-10-17(15-16)33(29,30)26-19-12-5-7-14-21(19)31-2/h4-15,26H,3H2,1-2H3,(H,24,27)(H,25,28). The highest BCUT2D eigenvalue weighted by Gasteiger charge is 2.19. The molecule has 3 rings (SSSR count). The summed E-state index contributed by atoms with van der Waals surface area (Å²) in [4.78, 5) is 24.8. The Morgan fingerprint density at radius 3 is 2.24 bits per heavy atom. The van der Waals surface area contributed by atoms with Gasteiger partial charge in [-0.05, 0) is 49.4 Å². The molecule has 0 aliphatic carbocycles. The van der Waals surface area contributed by atoms with E-state index in [1.807, 2.05) is 0 Å². The molecule has 10 heteroatoms. The minimum atomic E-state index is -4.00. The van der Waals surface area contributed by atoms with Gasteiger partial charge in [0, 0.05) is 5.56 Å². The fraction of sp³-hybridized carbons (Fsp3) is 0.130. The fourth-order valence-corrected chi connectivity index (χ4v) is 4.04. The van der Waals surface area contributed by atoms with Gasteiger partial charge in [-0.15, -0.1) is 0 Å². The third kappa shape index (κ3) is 5.80. The quantitative estimate of drug-likeness (QED) is 0.436. The molecule has 33 heavy (non-hydrogen) atoms. The number of carbonyl (C=O) groups is 2. The molecule has 0 aromatic heterocycles. The van der Waals surface area contributed by atoms with Crippen LogP contribution < -0.4 is 25.0 Å². The number of methoxy groups -OCH3 is 1. The molecule has 3 aromatic rings. The molecule has 0 spiro atoms. The van der Waals surface area contributed by atoms with Gasteiger partial charge in [0.1, 0.15) is 11.5 Å². The zero-order valence-electron chi connectivity index (χ0n) is 18.0. The molecule has 0 bridgehead atoms. The van der Waals surface area contributed by atoms with E-state index < -0.39 is 21.8 Å². The van der Waals surface area contributed by atoms with Crippen molar-refractivity contribution in [3.63, 3.8) is 0 Å². The van der Waals surface area contributed by atoms with E-state index in [2.05, 4.69) is 15.6 Å². The first-order valence-electron chi connectivity index (χ1n) is 9.94. The maximum absolute atomic E-state index is 12.8. The van der Waals surface area contributed by atoms with Crippen molar-refractivity contribution >= 4 is 27.5 Å². The van der Waals surface area contributed by atoms with Crippen molar-refractivity contribution < 1.29 is 27.5 Å². The first-order chi connectivity index (χ1) is 15.9. The number of hydrogen-bond acceptors (Lipinski definition) is 6. The maximum Gasteiger partial charge on any atom is 0.273 e. The Labute approximate surface area is 191 Å². The SMILES string of the molecule is CCOc1ccccc1C(=O)NNC(=O)c1cccc(S(=O)(=O)Nc2ccccc2OC)c1. The Morgan fingerprint density at radius 1 is 0.848 bits per heavy atom. The second-order valence-electron chi connectivity index (χ2n) is 6.67. The van der Waals surface area contributed by atoms with E-state index in [9.17, 15) is 18.0 Å². The van der Waals surface area contributed by atoms with Crippen molar-refractivity contribution in [3.8, 4) is 11.5 Å². The summed E-state index contributed by atoms with van der Waals surface area (Å²) in [5.74, 6) is -0.534. The molecule has 2 amide bonds. The van der Waals surface area contributed by atoms with Crippen LogP contribution in [0.15, 0.2) is 77.7 Å². The predicted molar refractivity (Wildman–Crippen MR) is 123 cm³/mol. The van der Waals surface area contributed by atoms with E-state index in [0.29, 0.717) is 18.1 Å². The Hall–Kier alpha value is -4.05. The van der Waals surface area contributed by atoms with Crippen LogP contribution in [0.25, 0.3) is 0 Å². The first kappa shape index (κ1) is 23.6. The fourth-order valence-electron chi connectivity index (χ4n) is 2.93. The molecule has 0 fully saturated rings. The Balaban J connectivity index is 1.72. The summed E-state index contributed by atoms with van der Waals surface area (Å²) in [6.07, 6.45) is 0. The van der Waals surface area contributed by atoms with E-state index in [-0.39, 0.29) is 21.7 Å². The van der Waals surface area contributed by atoms with Gasteiger partial charge < -0.3 is 9.47 Å². The normalized spacial score (nSPS) is 10.7. The summed E-state index contributed by atoms with van der Waals surface area (Å²) >= 11 is 0. The number of benzene rings is 3. The van der Waals surface area contributed by atoms with E-state index >= 15 is 0 Å². The van der Waals surface area contributed by atoms with Crippen molar-refractivity contribution in [2.24, 2.45) is 0 Å². The number of hydrazine groups is 1. The Kier molecular flexibility index (Phi) is 7.52. The van der Waals surface area contributed by atoms with Crippen molar-refractivity contribution in [2.45, 2.75) is 11.8 Å². The number of rotatable bonds is 8. The van der Waals surface area contributed by atoms with Gasteiger partial charge in [0.15, 0.2) is 0 Å². The van der Waals surface area contributed by atoms with Crippen LogP contribution in [0.1, 0.15) is 27.6 Å². The van der Waals surface area contributed by atoms with Crippen molar-refractivity contribution in [1.29, 1.82) is 0 Å². The van der Waals surface area contributed by atoms with Crippen molar-refractivity contribution in [1.82, 2.24) is 10.9 Å². The van der Waals surface area contributed by atoms with Gasteiger partial charge in [-0.3, -0.25) is 25.2 Å². The van der Waals surface area contributed by atoms with Crippen LogP contribution >= 0.6 is 0 Å². The van der Waals surface area contributed by atoms with Gasteiger partial charge in [0.25, 0.3) is 21.8 Å². The molecular weight excluding hydrogens is 446 g/mol. The lowest BCUT2D eigenvalue weighted by atomic mass is 10.2. The minimum Gasteiger partial charge on any atom is -0.495 e. The first-order valence-corrected chi connectivity index (χ1v) is 11.4. The largest absolute Gasteiger partial charge is 0.495 e. The van der Waals surface area contributed by atoms with E-state index in [0.717, 1.165) is 0 Å². The molecule has 3 N–H and O–H groups in total. The molecule has 0 aliphatic heterocycles. The minimum absolute atomic E-state index is 0.0382. The second kappa shape index (κ2) is 10.5. The molecule has 172 valence electrons. The average molecular weight is 470 g/mol. The zero-order chi connectivity index (χ0) is 23.8. The molecule has 9 nitrogen and oxygen atoms in total. The third-order valence-corrected chi connectivity index (χ3v) is 5.84. The van der Waals surface area contributed by atoms with Gasteiger partial charge in [-0.2, -0.15) is 0 Å². The highest BCUT2D eigenvalue weighted by Crippen LogP contribution is 2.26. The van der Waals surface area contributed by atoms with Crippen LogP contribution in [-0.4, -0.2) is 33.9 Å². The van der Waals surface area contributed by atoms with Crippen LogP contribution in [0.2, 0.25) is 0 Å². The number of ether oxygens (including phenoxy) is 2. The summed E-state index contributed by atoms with van der Waals surface area (Å²) in [5.41, 5.74) is 5.14. The number of amides is 2. The smallest absolute Gasteiger partial charge is 0.273 e. The lowest BCUT2D eigenvalue weighted by Crippen LogP contribution is -2.41. The topological polar surface area (TPSA) is 123 Å². The van der Waals surface area contributed by atoms with E-state index in [4.69, 9.17) is 9.47 Å². The molecule has 0 radical (unpaired) electrons. The lowest BCUT2D eigenvalue weighted by Gasteiger charge is -2.13. The van der Waals surface area contributed by atoms with Crippen LogP contribution in [0.4, 0.5) is 5.69 Å². The number of carbonyl (C=O) groups excluding carboxylic acids is 2. The van der Waals surface area contributed by atoms with Crippen molar-refractivity contribution in [3.05, 3.63) is 83.9 Å². The summed E-state index contributed by atoms with van der Waals surface area (Å²) in [7, 11) is -2.57. The lowest BCUT2D eigenvalue weighted by molar-refractivity contribution is 0.0844. The van der Waals surface area contributed by atoms with Gasteiger partial charge in [-0.25, -0.2) is 8.42 Å². The molecule has 0 atom stereocenters. The summed E-state index contributed by atoms with van der Waals surface area (Å²) in [5, 5.41) is 0. The summed E-state index contributed by atoms with van der Waals surface area (Å²) in [6.45, 7) is 2.17. The van der Waals surface area contributed by atoms with Crippen LogP contribution in [0.3, 0.4) is 0 Å². The van der Waals surface area contributed by atoms with E-state index in [1.54, 1.807) is 55.5 Å². The van der Waals surface area contributed by atoms with E-state index in [1.165, 1.54) is 31.4 Å². The van der Waals surface area contributed by atoms with Crippen LogP contribution in [-0.2, 0) is 10.0 Å². The molecule has 0 saturated heterocycles. The maximum atomic E-state index is 12.8.